The molecule has 1 aromatic carbocycles. The Kier molecular flexibility index (Phi) is 5.90. The van der Waals surface area contributed by atoms with Gasteiger partial charge in [-0.05, 0) is 35.4 Å². The van der Waals surface area contributed by atoms with Crippen LogP contribution in [0.3, 0.4) is 0 Å². The van der Waals surface area contributed by atoms with E-state index < -0.39 is 0 Å². The molecule has 1 saturated heterocycles. The number of pyridine rings is 2. The largest absolute Gasteiger partial charge is 0.378 e. The molecule has 32 heavy (non-hydrogen) atoms. The minimum atomic E-state index is -0.106. The minimum Gasteiger partial charge on any atom is -0.378 e. The van der Waals surface area contributed by atoms with E-state index in [1.807, 2.05) is 24.5 Å². The lowest BCUT2D eigenvalue weighted by molar-refractivity contribution is 0.122. The maximum atomic E-state index is 12.9. The zero-order chi connectivity index (χ0) is 22.2. The molecular formula is C23H20Cl2N4O2S. The van der Waals surface area contributed by atoms with Crippen LogP contribution in [0.4, 0.5) is 5.69 Å². The second-order valence-electron chi connectivity index (χ2n) is 7.68. The number of nitrogens with zero attached hydrogens (tertiary/aromatic N) is 4. The van der Waals surface area contributed by atoms with Crippen molar-refractivity contribution in [3.8, 4) is 11.1 Å². The average molecular weight is 487 g/mol. The predicted molar refractivity (Wildman–Crippen MR) is 132 cm³/mol. The van der Waals surface area contributed by atoms with Gasteiger partial charge in [-0.1, -0.05) is 42.1 Å². The lowest BCUT2D eigenvalue weighted by Crippen LogP contribution is -2.36. The first-order chi connectivity index (χ1) is 15.5. The van der Waals surface area contributed by atoms with Gasteiger partial charge in [-0.2, -0.15) is 0 Å². The van der Waals surface area contributed by atoms with Crippen LogP contribution in [0.25, 0.3) is 22.2 Å². The van der Waals surface area contributed by atoms with Gasteiger partial charge in [-0.15, -0.1) is 0 Å². The number of halogens is 2. The number of ether oxygens (including phenoxy) is 1. The standard InChI is InChI=1S/C23H20Cl2N4O2S/c24-20-2-1-15(9-21(20)25)13-28-4-3-16(10-22(28)30)19-14-29(32)23-18(19)11-17(12-26-23)27-5-7-31-8-6-27/h1-4,9-12,14,32H,5-8,13H2. The third kappa shape index (κ3) is 4.13. The molecule has 1 aliphatic rings. The molecule has 0 bridgehead atoms. The normalized spacial score (nSPS) is 14.3. The highest BCUT2D eigenvalue weighted by Gasteiger charge is 2.16. The van der Waals surface area contributed by atoms with Crippen LogP contribution in [0, 0.1) is 0 Å². The Labute approximate surface area is 200 Å². The van der Waals surface area contributed by atoms with E-state index in [0.29, 0.717) is 29.8 Å². The van der Waals surface area contributed by atoms with Crippen LogP contribution in [0.15, 0.2) is 59.8 Å². The molecule has 0 spiro atoms. The zero-order valence-corrected chi connectivity index (χ0v) is 19.4. The Hall–Kier alpha value is -2.45. The minimum absolute atomic E-state index is 0.106. The Morgan fingerprint density at radius 3 is 2.62 bits per heavy atom. The maximum Gasteiger partial charge on any atom is 0.251 e. The molecule has 1 aliphatic heterocycles. The summed E-state index contributed by atoms with van der Waals surface area (Å²) >= 11 is 16.6. The molecule has 4 aromatic rings. The van der Waals surface area contributed by atoms with E-state index in [9.17, 15) is 4.79 Å². The van der Waals surface area contributed by atoms with Crippen LogP contribution in [0.5, 0.6) is 0 Å². The first kappa shape index (κ1) is 21.4. The molecule has 4 heterocycles. The summed E-state index contributed by atoms with van der Waals surface area (Å²) in [5, 5.41) is 1.91. The van der Waals surface area contributed by atoms with Crippen LogP contribution in [-0.4, -0.2) is 39.8 Å². The van der Waals surface area contributed by atoms with Gasteiger partial charge >= 0.3 is 0 Å². The second kappa shape index (κ2) is 8.83. The van der Waals surface area contributed by atoms with E-state index in [2.05, 4.69) is 28.8 Å². The Balaban J connectivity index is 1.49. The summed E-state index contributed by atoms with van der Waals surface area (Å²) in [5.74, 6) is 0. The number of morpholine rings is 1. The lowest BCUT2D eigenvalue weighted by Gasteiger charge is -2.28. The third-order valence-electron chi connectivity index (χ3n) is 5.63. The van der Waals surface area contributed by atoms with Crippen molar-refractivity contribution >= 4 is 52.7 Å². The van der Waals surface area contributed by atoms with E-state index in [1.165, 1.54) is 0 Å². The van der Waals surface area contributed by atoms with Gasteiger partial charge in [0.2, 0.25) is 0 Å². The third-order valence-corrected chi connectivity index (χ3v) is 6.67. The van der Waals surface area contributed by atoms with Crippen LogP contribution in [0.2, 0.25) is 10.0 Å². The number of thiol groups is 1. The van der Waals surface area contributed by atoms with Crippen molar-refractivity contribution in [1.82, 2.24) is 13.5 Å². The van der Waals surface area contributed by atoms with Crippen molar-refractivity contribution in [2.75, 3.05) is 31.2 Å². The summed E-state index contributed by atoms with van der Waals surface area (Å²) in [6, 6.07) is 11.1. The van der Waals surface area contributed by atoms with Crippen molar-refractivity contribution in [3.63, 3.8) is 0 Å². The number of rotatable bonds is 4. The Morgan fingerprint density at radius 2 is 1.88 bits per heavy atom. The summed E-state index contributed by atoms with van der Waals surface area (Å²) in [7, 11) is 0. The quantitative estimate of drug-likeness (QED) is 0.423. The van der Waals surface area contributed by atoms with Gasteiger partial charge in [0.15, 0.2) is 5.65 Å². The van der Waals surface area contributed by atoms with Crippen molar-refractivity contribution in [2.24, 2.45) is 0 Å². The van der Waals surface area contributed by atoms with Gasteiger partial charge < -0.3 is 14.2 Å². The molecule has 0 amide bonds. The van der Waals surface area contributed by atoms with Gasteiger partial charge in [-0.25, -0.2) is 4.98 Å². The molecule has 0 saturated carbocycles. The number of fused-ring (bicyclic) bond motifs is 1. The topological polar surface area (TPSA) is 52.3 Å². The second-order valence-corrected chi connectivity index (χ2v) is 8.93. The summed E-state index contributed by atoms with van der Waals surface area (Å²) in [5.41, 5.74) is 4.32. The van der Waals surface area contributed by atoms with Crippen molar-refractivity contribution in [3.05, 3.63) is 81.0 Å². The fraction of sp³-hybridized carbons (Fsp3) is 0.217. The van der Waals surface area contributed by atoms with Crippen LogP contribution in [0.1, 0.15) is 5.56 Å². The van der Waals surface area contributed by atoms with E-state index in [4.69, 9.17) is 27.9 Å². The SMILES string of the molecule is O=c1cc(-c2cn(S)c3ncc(N4CCOCC4)cc23)ccn1Cc1ccc(Cl)c(Cl)c1. The molecule has 6 nitrogen and oxygen atoms in total. The monoisotopic (exact) mass is 486 g/mol. The molecule has 3 aromatic heterocycles. The zero-order valence-electron chi connectivity index (χ0n) is 17.0. The summed E-state index contributed by atoms with van der Waals surface area (Å²) in [6.45, 7) is 3.47. The number of hydrogen-bond acceptors (Lipinski definition) is 5. The molecular weight excluding hydrogens is 467 g/mol. The number of benzene rings is 1. The van der Waals surface area contributed by atoms with Gasteiger partial charge in [0, 0.05) is 42.5 Å². The molecule has 5 rings (SSSR count). The summed E-state index contributed by atoms with van der Waals surface area (Å²) in [6.07, 6.45) is 5.54. The highest BCUT2D eigenvalue weighted by Crippen LogP contribution is 2.32. The first-order valence-corrected chi connectivity index (χ1v) is 11.3. The van der Waals surface area contributed by atoms with E-state index >= 15 is 0 Å². The molecule has 0 atom stereocenters. The molecule has 0 aliphatic carbocycles. The fourth-order valence-electron chi connectivity index (χ4n) is 3.95. The van der Waals surface area contributed by atoms with Gasteiger partial charge in [0.1, 0.15) is 0 Å². The first-order valence-electron chi connectivity index (χ1n) is 10.2. The molecule has 1 fully saturated rings. The summed E-state index contributed by atoms with van der Waals surface area (Å²) < 4.78 is 8.78. The smallest absolute Gasteiger partial charge is 0.251 e. The van der Waals surface area contributed by atoms with Crippen LogP contribution >= 0.6 is 36.0 Å². The molecule has 0 N–H and O–H groups in total. The van der Waals surface area contributed by atoms with Gasteiger partial charge in [-0.3, -0.25) is 8.77 Å². The highest BCUT2D eigenvalue weighted by molar-refractivity contribution is 7.78. The fourth-order valence-corrected chi connectivity index (χ4v) is 4.54. The predicted octanol–water partition coefficient (Wildman–Crippen LogP) is 4.75. The molecule has 164 valence electrons. The Morgan fingerprint density at radius 1 is 1.06 bits per heavy atom. The maximum absolute atomic E-state index is 12.9. The van der Waals surface area contributed by atoms with E-state index in [1.54, 1.807) is 32.9 Å². The van der Waals surface area contributed by atoms with Gasteiger partial charge in [0.25, 0.3) is 5.56 Å². The van der Waals surface area contributed by atoms with Crippen LogP contribution < -0.4 is 10.5 Å². The number of aromatic nitrogens is 3. The van der Waals surface area contributed by atoms with Crippen LogP contribution in [-0.2, 0) is 11.3 Å². The summed E-state index contributed by atoms with van der Waals surface area (Å²) in [4.78, 5) is 19.7. The molecule has 0 radical (unpaired) electrons. The van der Waals surface area contributed by atoms with E-state index in [0.717, 1.165) is 46.5 Å². The molecule has 0 unspecified atom stereocenters. The van der Waals surface area contributed by atoms with Crippen molar-refractivity contribution in [2.45, 2.75) is 6.54 Å². The van der Waals surface area contributed by atoms with Crippen molar-refractivity contribution in [1.29, 1.82) is 0 Å². The highest BCUT2D eigenvalue weighted by atomic mass is 35.5. The number of hydrogen-bond donors (Lipinski definition) is 1. The van der Waals surface area contributed by atoms with E-state index in [-0.39, 0.29) is 5.56 Å². The average Bonchev–Trinajstić information content (AvgIpc) is 3.14. The molecule has 9 heteroatoms. The lowest BCUT2D eigenvalue weighted by atomic mass is 10.1. The number of anilines is 1. The van der Waals surface area contributed by atoms with Crippen molar-refractivity contribution < 1.29 is 4.74 Å². The Bertz CT molecular complexity index is 1360. The van der Waals surface area contributed by atoms with Gasteiger partial charge in [0.05, 0.1) is 41.7 Å².